The van der Waals surface area contributed by atoms with Crippen molar-refractivity contribution in [3.05, 3.63) is 81.1 Å². The number of hydrogen-bond donors (Lipinski definition) is 1. The highest BCUT2D eigenvalue weighted by molar-refractivity contribution is 7.09. The third-order valence-corrected chi connectivity index (χ3v) is 5.95. The van der Waals surface area contributed by atoms with Crippen LogP contribution in [0.25, 0.3) is 6.08 Å². The van der Waals surface area contributed by atoms with E-state index in [4.69, 9.17) is 9.84 Å². The minimum Gasteiger partial charge on any atom is -0.478 e. The Morgan fingerprint density at radius 3 is 2.59 bits per heavy atom. The summed E-state index contributed by atoms with van der Waals surface area (Å²) in [5, 5.41) is 11.1. The van der Waals surface area contributed by atoms with Crippen LogP contribution in [0, 0.1) is 0 Å². The summed E-state index contributed by atoms with van der Waals surface area (Å²) in [6, 6.07) is 10.8. The lowest BCUT2D eigenvalue weighted by molar-refractivity contribution is -0.138. The van der Waals surface area contributed by atoms with Crippen molar-refractivity contribution in [1.29, 1.82) is 0 Å². The molecule has 0 amide bonds. The second-order valence-electron chi connectivity index (χ2n) is 7.44. The molecule has 0 aliphatic rings. The zero-order valence-corrected chi connectivity index (χ0v) is 19.2. The highest BCUT2D eigenvalue weighted by atomic mass is 32.1. The summed E-state index contributed by atoms with van der Waals surface area (Å²) in [5.41, 5.74) is 2.64. The monoisotopic (exact) mass is 452 g/mol. The predicted molar refractivity (Wildman–Crippen MR) is 126 cm³/mol. The van der Waals surface area contributed by atoms with E-state index in [1.54, 1.807) is 36.6 Å². The molecule has 6 nitrogen and oxygen atoms in total. The van der Waals surface area contributed by atoms with Crippen LogP contribution in [0.4, 0.5) is 0 Å². The molecular weight excluding hydrogens is 424 g/mol. The SMILES string of the molecule is CCCCc1ncc(C=C(Cc2cccs2)C(=O)OCC)n1Cc1ccc(C(=O)O)cc1. The molecule has 0 aliphatic carbocycles. The third kappa shape index (κ3) is 6.17. The lowest BCUT2D eigenvalue weighted by Crippen LogP contribution is -2.11. The Kier molecular flexibility index (Phi) is 8.39. The predicted octanol–water partition coefficient (Wildman–Crippen LogP) is 5.22. The third-order valence-electron chi connectivity index (χ3n) is 5.07. The first-order valence-corrected chi connectivity index (χ1v) is 11.7. The number of carbonyl (C=O) groups is 2. The summed E-state index contributed by atoms with van der Waals surface area (Å²) in [4.78, 5) is 29.5. The van der Waals surface area contributed by atoms with Gasteiger partial charge in [-0.2, -0.15) is 0 Å². The minimum absolute atomic E-state index is 0.256. The molecule has 0 unspecified atom stereocenters. The van der Waals surface area contributed by atoms with Crippen molar-refractivity contribution >= 4 is 29.4 Å². The van der Waals surface area contributed by atoms with Crippen LogP contribution in [0.1, 0.15) is 59.0 Å². The number of nitrogens with zero attached hydrogens (tertiary/aromatic N) is 2. The number of carbonyl (C=O) groups excluding carboxylic acids is 1. The fraction of sp³-hybridized carbons (Fsp3) is 0.320. The fourth-order valence-electron chi connectivity index (χ4n) is 3.38. The molecule has 0 bridgehead atoms. The number of aromatic carboxylic acids is 1. The number of carboxylic acids is 1. The Morgan fingerprint density at radius 1 is 1.19 bits per heavy atom. The first-order valence-electron chi connectivity index (χ1n) is 10.8. The van der Waals surface area contributed by atoms with E-state index in [0.29, 0.717) is 25.1 Å². The molecule has 0 atom stereocenters. The largest absolute Gasteiger partial charge is 0.478 e. The van der Waals surface area contributed by atoms with E-state index in [0.717, 1.165) is 41.2 Å². The first kappa shape index (κ1) is 23.5. The Hall–Kier alpha value is -3.19. The van der Waals surface area contributed by atoms with E-state index >= 15 is 0 Å². The van der Waals surface area contributed by atoms with Crippen LogP contribution < -0.4 is 0 Å². The number of aromatic nitrogens is 2. The van der Waals surface area contributed by atoms with E-state index < -0.39 is 5.97 Å². The van der Waals surface area contributed by atoms with Crippen molar-refractivity contribution in [2.75, 3.05) is 6.61 Å². The van der Waals surface area contributed by atoms with E-state index in [9.17, 15) is 9.59 Å². The van der Waals surface area contributed by atoms with Gasteiger partial charge in [0.05, 0.1) is 24.1 Å². The van der Waals surface area contributed by atoms with E-state index in [1.807, 2.05) is 35.7 Å². The molecule has 32 heavy (non-hydrogen) atoms. The van der Waals surface area contributed by atoms with Gasteiger partial charge in [-0.15, -0.1) is 11.3 Å². The van der Waals surface area contributed by atoms with Crippen LogP contribution in [0.3, 0.4) is 0 Å². The number of rotatable bonds is 11. The topological polar surface area (TPSA) is 81.4 Å². The normalized spacial score (nSPS) is 11.5. The van der Waals surface area contributed by atoms with Crippen molar-refractivity contribution in [2.45, 2.75) is 46.1 Å². The fourth-order valence-corrected chi connectivity index (χ4v) is 4.11. The van der Waals surface area contributed by atoms with Gasteiger partial charge < -0.3 is 14.4 Å². The van der Waals surface area contributed by atoms with Crippen molar-refractivity contribution in [3.8, 4) is 0 Å². The molecule has 0 radical (unpaired) electrons. The van der Waals surface area contributed by atoms with Crippen LogP contribution in [0.5, 0.6) is 0 Å². The van der Waals surface area contributed by atoms with Gasteiger partial charge >= 0.3 is 11.9 Å². The molecule has 2 heterocycles. The van der Waals surface area contributed by atoms with Crippen LogP contribution in [-0.2, 0) is 28.9 Å². The quantitative estimate of drug-likeness (QED) is 0.318. The second kappa shape index (κ2) is 11.4. The van der Waals surface area contributed by atoms with Crippen LogP contribution in [0.15, 0.2) is 53.5 Å². The lowest BCUT2D eigenvalue weighted by Gasteiger charge is -2.12. The van der Waals surface area contributed by atoms with Gasteiger partial charge in [0.1, 0.15) is 5.82 Å². The number of hydrogen-bond acceptors (Lipinski definition) is 5. The Labute approximate surface area is 192 Å². The molecule has 0 saturated carbocycles. The summed E-state index contributed by atoms with van der Waals surface area (Å²) in [6.45, 7) is 4.80. The number of esters is 1. The van der Waals surface area contributed by atoms with Crippen LogP contribution >= 0.6 is 11.3 Å². The molecule has 0 saturated heterocycles. The Balaban J connectivity index is 1.96. The molecule has 1 aromatic carbocycles. The zero-order valence-electron chi connectivity index (χ0n) is 18.4. The van der Waals surface area contributed by atoms with Gasteiger partial charge in [0, 0.05) is 29.8 Å². The molecule has 7 heteroatoms. The number of aryl methyl sites for hydroxylation is 1. The number of unbranched alkanes of at least 4 members (excludes halogenated alkanes) is 1. The molecule has 0 spiro atoms. The average Bonchev–Trinajstić information content (AvgIpc) is 3.43. The average molecular weight is 453 g/mol. The van der Waals surface area contributed by atoms with Crippen molar-refractivity contribution in [3.63, 3.8) is 0 Å². The van der Waals surface area contributed by atoms with E-state index in [2.05, 4.69) is 16.5 Å². The van der Waals surface area contributed by atoms with Crippen molar-refractivity contribution < 1.29 is 19.4 Å². The van der Waals surface area contributed by atoms with E-state index in [1.165, 1.54) is 0 Å². The molecule has 1 N–H and O–H groups in total. The number of imidazole rings is 1. The number of benzene rings is 1. The molecule has 0 aliphatic heterocycles. The lowest BCUT2D eigenvalue weighted by atomic mass is 10.1. The molecule has 0 fully saturated rings. The van der Waals surface area contributed by atoms with Gasteiger partial charge in [-0.05, 0) is 48.6 Å². The highest BCUT2D eigenvalue weighted by Gasteiger charge is 2.16. The number of thiophene rings is 1. The maximum absolute atomic E-state index is 12.7. The van der Waals surface area contributed by atoms with Gasteiger partial charge in [-0.3, -0.25) is 0 Å². The Morgan fingerprint density at radius 2 is 1.97 bits per heavy atom. The number of carboxylic acid groups (broad SMARTS) is 1. The van der Waals surface area contributed by atoms with Gasteiger partial charge in [0.15, 0.2) is 0 Å². The molecule has 168 valence electrons. The summed E-state index contributed by atoms with van der Waals surface area (Å²) in [7, 11) is 0. The summed E-state index contributed by atoms with van der Waals surface area (Å²) in [6.07, 6.45) is 7.06. The highest BCUT2D eigenvalue weighted by Crippen LogP contribution is 2.20. The van der Waals surface area contributed by atoms with E-state index in [-0.39, 0.29) is 11.5 Å². The minimum atomic E-state index is -0.945. The molecule has 3 rings (SSSR count). The maximum Gasteiger partial charge on any atom is 0.335 e. The summed E-state index contributed by atoms with van der Waals surface area (Å²) in [5.74, 6) is -0.326. The maximum atomic E-state index is 12.7. The zero-order chi connectivity index (χ0) is 22.9. The van der Waals surface area contributed by atoms with Gasteiger partial charge in [-0.1, -0.05) is 31.5 Å². The summed E-state index contributed by atoms with van der Waals surface area (Å²) < 4.78 is 7.40. The van der Waals surface area contributed by atoms with Crippen molar-refractivity contribution in [2.24, 2.45) is 0 Å². The van der Waals surface area contributed by atoms with Crippen LogP contribution in [0.2, 0.25) is 0 Å². The van der Waals surface area contributed by atoms with Gasteiger partial charge in [0.2, 0.25) is 0 Å². The first-order chi connectivity index (χ1) is 15.5. The standard InChI is InChI=1S/C25H28N2O4S/c1-3-5-8-23-26-16-21(27(23)17-18-9-11-19(12-10-18)24(28)29)14-20(25(30)31-4-2)15-22-7-6-13-32-22/h6-7,9-14,16H,3-5,8,15,17H2,1-2H3,(H,28,29). The van der Waals surface area contributed by atoms with Crippen molar-refractivity contribution in [1.82, 2.24) is 9.55 Å². The van der Waals surface area contributed by atoms with Crippen LogP contribution in [-0.4, -0.2) is 33.2 Å². The molecule has 2 aromatic heterocycles. The van der Waals surface area contributed by atoms with Gasteiger partial charge in [-0.25, -0.2) is 14.6 Å². The second-order valence-corrected chi connectivity index (χ2v) is 8.47. The Bertz CT molecular complexity index is 1070. The van der Waals surface area contributed by atoms with Gasteiger partial charge in [0.25, 0.3) is 0 Å². The summed E-state index contributed by atoms with van der Waals surface area (Å²) >= 11 is 1.61. The molecule has 3 aromatic rings. The smallest absolute Gasteiger partial charge is 0.335 e. The number of ether oxygens (including phenoxy) is 1. The molecular formula is C25H28N2O4S.